The number of para-hydroxylation sites is 3. The molecule has 10 rings (SSSR count). The molecule has 0 atom stereocenters. The second kappa shape index (κ2) is 18.0. The third-order valence-corrected chi connectivity index (χ3v) is 13.5. The zero-order valence-electron chi connectivity index (χ0n) is 42.5. The average molecular weight is 1100 g/mol. The van der Waals surface area contributed by atoms with Gasteiger partial charge < -0.3 is 13.9 Å². The fourth-order valence-electron chi connectivity index (χ4n) is 9.38. The summed E-state index contributed by atoms with van der Waals surface area (Å²) in [5, 5.41) is 2.22. The van der Waals surface area contributed by atoms with Gasteiger partial charge in [-0.25, -0.2) is 4.98 Å². The molecule has 0 spiro atoms. The van der Waals surface area contributed by atoms with Crippen LogP contribution in [0.2, 0.25) is 0 Å². The van der Waals surface area contributed by atoms with Crippen LogP contribution in [0, 0.1) is 18.5 Å². The van der Waals surface area contributed by atoms with E-state index in [-0.39, 0.29) is 42.7 Å². The minimum absolute atomic E-state index is 0. The van der Waals surface area contributed by atoms with Crippen molar-refractivity contribution in [3.63, 3.8) is 0 Å². The van der Waals surface area contributed by atoms with Crippen LogP contribution in [0.15, 0.2) is 158 Å². The molecule has 0 unspecified atom stereocenters. The van der Waals surface area contributed by atoms with Gasteiger partial charge in [-0.3, -0.25) is 4.57 Å². The summed E-state index contributed by atoms with van der Waals surface area (Å²) in [7, 11) is 0. The number of pyridine rings is 1. The zero-order valence-corrected chi connectivity index (χ0v) is 44.8. The van der Waals surface area contributed by atoms with E-state index in [4.69, 9.17) is 9.72 Å². The van der Waals surface area contributed by atoms with Gasteiger partial charge in [0, 0.05) is 44.3 Å². The Morgan fingerprint density at radius 1 is 0.486 bits per heavy atom. The number of imidazole rings is 1. The molecule has 0 bridgehead atoms. The van der Waals surface area contributed by atoms with Crippen molar-refractivity contribution >= 4 is 32.8 Å². The van der Waals surface area contributed by atoms with E-state index >= 15 is 0 Å². The number of nitrogens with zero attached hydrogens (tertiary/aromatic N) is 4. The molecule has 0 N–H and O–H groups in total. The number of rotatable bonds is 7. The molecule has 0 amide bonds. The molecular formula is C64H62N4OPt-2. The fourth-order valence-corrected chi connectivity index (χ4v) is 9.38. The molecule has 5 nitrogen and oxygen atoms in total. The van der Waals surface area contributed by atoms with E-state index in [9.17, 15) is 0 Å². The van der Waals surface area contributed by atoms with Gasteiger partial charge in [0.05, 0.1) is 16.7 Å². The Balaban J connectivity index is 0.00000608. The van der Waals surface area contributed by atoms with Crippen molar-refractivity contribution in [3.8, 4) is 50.9 Å². The number of hydrogen-bond donors (Lipinski definition) is 0. The minimum atomic E-state index is -0.115. The van der Waals surface area contributed by atoms with E-state index in [2.05, 4.69) is 249 Å². The molecule has 0 aliphatic heterocycles. The van der Waals surface area contributed by atoms with Gasteiger partial charge in [-0.2, -0.15) is 18.2 Å². The van der Waals surface area contributed by atoms with Gasteiger partial charge in [-0.1, -0.05) is 192 Å². The van der Waals surface area contributed by atoms with Crippen LogP contribution in [0.25, 0.3) is 72.3 Å². The number of hydrogen-bond acceptors (Lipinski definition) is 2. The molecule has 0 saturated carbocycles. The van der Waals surface area contributed by atoms with Gasteiger partial charge in [-0.15, -0.1) is 29.7 Å². The minimum Gasteiger partial charge on any atom is -0.510 e. The first kappa shape index (κ1) is 48.5. The van der Waals surface area contributed by atoms with Gasteiger partial charge in [-0.05, 0) is 95.4 Å². The molecule has 6 heteroatoms. The van der Waals surface area contributed by atoms with Crippen LogP contribution in [0.5, 0.6) is 11.5 Å². The van der Waals surface area contributed by atoms with Crippen molar-refractivity contribution < 1.29 is 30.4 Å². The van der Waals surface area contributed by atoms with Crippen LogP contribution in [0.4, 0.5) is 0 Å². The van der Waals surface area contributed by atoms with E-state index in [0.717, 1.165) is 61.2 Å². The Hall–Kier alpha value is -6.55. The van der Waals surface area contributed by atoms with Crippen molar-refractivity contribution in [2.24, 2.45) is 0 Å². The Kier molecular flexibility index (Phi) is 12.5. The predicted molar refractivity (Wildman–Crippen MR) is 286 cm³/mol. The van der Waals surface area contributed by atoms with Crippen molar-refractivity contribution in [3.05, 3.63) is 199 Å². The number of fused-ring (bicyclic) bond motifs is 4. The number of ether oxygens (including phenoxy) is 1. The van der Waals surface area contributed by atoms with Gasteiger partial charge in [0.2, 0.25) is 0 Å². The average Bonchev–Trinajstić information content (AvgIpc) is 3.86. The van der Waals surface area contributed by atoms with Crippen molar-refractivity contribution in [2.75, 3.05) is 0 Å². The van der Waals surface area contributed by atoms with E-state index in [1.165, 1.54) is 33.4 Å². The van der Waals surface area contributed by atoms with Gasteiger partial charge >= 0.3 is 0 Å². The Morgan fingerprint density at radius 2 is 1.04 bits per heavy atom. The van der Waals surface area contributed by atoms with E-state index in [1.54, 1.807) is 0 Å². The van der Waals surface area contributed by atoms with Gasteiger partial charge in [0.25, 0.3) is 6.33 Å². The van der Waals surface area contributed by atoms with E-state index in [0.29, 0.717) is 11.5 Å². The van der Waals surface area contributed by atoms with Crippen molar-refractivity contribution in [2.45, 2.75) is 105 Å². The van der Waals surface area contributed by atoms with Crippen LogP contribution >= 0.6 is 0 Å². The summed E-state index contributed by atoms with van der Waals surface area (Å²) < 4.78 is 13.3. The normalized spacial score (nSPS) is 12.5. The first-order chi connectivity index (χ1) is 32.7. The maximum atomic E-state index is 6.71. The van der Waals surface area contributed by atoms with Crippen molar-refractivity contribution in [1.82, 2.24) is 14.1 Å². The van der Waals surface area contributed by atoms with E-state index < -0.39 is 0 Å². The van der Waals surface area contributed by atoms with Crippen LogP contribution in [-0.2, 0) is 42.7 Å². The zero-order chi connectivity index (χ0) is 48.6. The molecule has 356 valence electrons. The third kappa shape index (κ3) is 9.17. The number of benzene rings is 7. The standard InChI is InChI=1S/C64H62N4O.Pt/c1-61(2,3)44-22-17-20-42(34-44)53-36-47(64(10,11)12)37-54(43-21-18-23-45(35-43)62(4,5)6)60(53)67-41-66(56-28-15-16-29-57(56)67)48-24-19-25-49(39-48)69-50-30-31-52-51-26-13-14-27-55(51)68(58(52)40-50)59-38-46(32-33-65-59)63(7,8)9;/h13-38H,1-12H3;/q-2;. The monoisotopic (exact) mass is 1100 g/mol. The maximum Gasteiger partial charge on any atom is 0.268 e. The summed E-state index contributed by atoms with van der Waals surface area (Å²) in [6.07, 6.45) is 5.79. The van der Waals surface area contributed by atoms with Crippen molar-refractivity contribution in [1.29, 1.82) is 0 Å². The molecule has 0 aliphatic rings. The second-order valence-electron chi connectivity index (χ2n) is 22.7. The van der Waals surface area contributed by atoms with E-state index in [1.807, 2.05) is 24.4 Å². The largest absolute Gasteiger partial charge is 0.510 e. The van der Waals surface area contributed by atoms with Crippen LogP contribution in [0.1, 0.15) is 105 Å². The summed E-state index contributed by atoms with van der Waals surface area (Å²) in [5.41, 5.74) is 15.4. The van der Waals surface area contributed by atoms with Crippen LogP contribution in [-0.4, -0.2) is 14.1 Å². The fraction of sp³-hybridized carbons (Fsp3) is 0.250. The topological polar surface area (TPSA) is 35.9 Å². The summed E-state index contributed by atoms with van der Waals surface area (Å²) in [6.45, 7) is 27.3. The smallest absolute Gasteiger partial charge is 0.268 e. The Morgan fingerprint density at radius 3 is 1.67 bits per heavy atom. The summed E-state index contributed by atoms with van der Waals surface area (Å²) in [4.78, 5) is 4.88. The Bertz CT molecular complexity index is 3500. The SMILES string of the molecule is CC(C)(C)c1cccc(-c2cc(C(C)(C)C)cc(-c3cccc(C(C)(C)C)c3)c2-[n+]2[c-]n(-c3[c-]c(Oc4[c-]c5c(cc4)c4ccccc4n5-c4cc(C(C)(C)C)ccn4)ccc3)c3ccccc32)c1.[Pt]. The van der Waals surface area contributed by atoms with Crippen LogP contribution < -0.4 is 9.30 Å². The van der Waals surface area contributed by atoms with Gasteiger partial charge in [0.15, 0.2) is 0 Å². The summed E-state index contributed by atoms with van der Waals surface area (Å²) in [5.74, 6) is 2.01. The molecule has 3 aromatic heterocycles. The van der Waals surface area contributed by atoms with Gasteiger partial charge in [0.1, 0.15) is 5.82 Å². The molecule has 0 aliphatic carbocycles. The molecule has 70 heavy (non-hydrogen) atoms. The maximum absolute atomic E-state index is 6.71. The molecule has 3 heterocycles. The second-order valence-corrected chi connectivity index (χ2v) is 22.7. The predicted octanol–water partition coefficient (Wildman–Crippen LogP) is 16.1. The molecule has 10 aromatic rings. The molecule has 0 fully saturated rings. The first-order valence-corrected chi connectivity index (χ1v) is 24.2. The molecule has 0 saturated heterocycles. The summed E-state index contributed by atoms with van der Waals surface area (Å²) >= 11 is 0. The first-order valence-electron chi connectivity index (χ1n) is 24.2. The third-order valence-electron chi connectivity index (χ3n) is 13.5. The molecule has 7 aromatic carbocycles. The Labute approximate surface area is 429 Å². The number of aromatic nitrogens is 4. The molecular weight excluding hydrogens is 1040 g/mol. The quantitative estimate of drug-likeness (QED) is 0.118. The summed E-state index contributed by atoms with van der Waals surface area (Å²) in [6, 6.07) is 61.8. The van der Waals surface area contributed by atoms with Crippen LogP contribution in [0.3, 0.4) is 0 Å². The molecule has 0 radical (unpaired) electrons.